The molecule has 10 heteroatoms. The van der Waals surface area contributed by atoms with Crippen molar-refractivity contribution in [3.63, 3.8) is 0 Å². The zero-order valence-corrected chi connectivity index (χ0v) is 24.1. The number of methoxy groups -OCH3 is 1. The zero-order chi connectivity index (χ0) is 29.8. The number of rotatable bonds is 9. The van der Waals surface area contributed by atoms with Gasteiger partial charge in [0.05, 0.1) is 24.9 Å². The molecule has 1 aliphatic carbocycles. The van der Waals surface area contributed by atoms with Crippen LogP contribution in [0, 0.1) is 5.92 Å². The molecule has 222 valence electrons. The lowest BCUT2D eigenvalue weighted by molar-refractivity contribution is -0.149. The molecule has 0 spiro atoms. The Kier molecular flexibility index (Phi) is 8.80. The summed E-state index contributed by atoms with van der Waals surface area (Å²) >= 11 is 0. The highest BCUT2D eigenvalue weighted by Crippen LogP contribution is 2.34. The molecule has 2 aliphatic rings. The van der Waals surface area contributed by atoms with E-state index < -0.39 is 36.2 Å². The normalized spacial score (nSPS) is 19.6. The molecule has 0 radical (unpaired) electrons. The summed E-state index contributed by atoms with van der Waals surface area (Å²) in [4.78, 5) is 44.7. The van der Waals surface area contributed by atoms with Crippen molar-refractivity contribution >= 4 is 28.9 Å². The second kappa shape index (κ2) is 12.7. The van der Waals surface area contributed by atoms with Crippen LogP contribution in [-0.4, -0.2) is 70.9 Å². The lowest BCUT2D eigenvalue weighted by Gasteiger charge is -2.29. The predicted molar refractivity (Wildman–Crippen MR) is 156 cm³/mol. The average Bonchev–Trinajstić information content (AvgIpc) is 3.65. The summed E-state index contributed by atoms with van der Waals surface area (Å²) in [6, 6.07) is 15.0. The number of hydrogen-bond acceptors (Lipinski definition) is 7. The maximum Gasteiger partial charge on any atom is 0.408 e. The minimum Gasteiger partial charge on any atom is -0.497 e. The van der Waals surface area contributed by atoms with Crippen molar-refractivity contribution in [3.05, 3.63) is 54.6 Å². The number of fused-ring (bicyclic) bond motifs is 1. The Morgan fingerprint density at radius 1 is 1.02 bits per heavy atom. The number of carbonyl (C=O) groups excluding carboxylic acids is 2. The fourth-order valence-corrected chi connectivity index (χ4v) is 5.71. The lowest BCUT2D eigenvalue weighted by atomic mass is 10.0. The van der Waals surface area contributed by atoms with Crippen molar-refractivity contribution in [3.8, 4) is 22.8 Å². The molecule has 1 aliphatic heterocycles. The lowest BCUT2D eigenvalue weighted by Crippen LogP contribution is -2.54. The molecular formula is C32H37N3O7. The number of nitrogens with one attached hydrogen (secondary N) is 1. The van der Waals surface area contributed by atoms with Crippen LogP contribution >= 0.6 is 0 Å². The first-order valence-electron chi connectivity index (χ1n) is 14.4. The van der Waals surface area contributed by atoms with Gasteiger partial charge >= 0.3 is 12.1 Å². The third-order valence-electron chi connectivity index (χ3n) is 7.96. The molecule has 2 N–H and O–H groups in total. The highest BCUT2D eigenvalue weighted by Gasteiger charge is 2.44. The molecule has 3 aromatic rings. The summed E-state index contributed by atoms with van der Waals surface area (Å²) < 4.78 is 17.4. The molecule has 1 saturated carbocycles. The van der Waals surface area contributed by atoms with E-state index in [9.17, 15) is 19.5 Å². The number of nitrogens with zero attached hydrogens (tertiary/aromatic N) is 2. The first kappa shape index (κ1) is 29.2. The molecule has 2 fully saturated rings. The number of aromatic nitrogens is 1. The zero-order valence-electron chi connectivity index (χ0n) is 24.1. The number of carboxylic acids is 1. The van der Waals surface area contributed by atoms with Crippen molar-refractivity contribution in [1.29, 1.82) is 0 Å². The molecule has 42 heavy (non-hydrogen) atoms. The number of pyridine rings is 1. The first-order valence-corrected chi connectivity index (χ1v) is 14.4. The van der Waals surface area contributed by atoms with E-state index >= 15 is 0 Å². The van der Waals surface area contributed by atoms with Crippen LogP contribution in [0.25, 0.3) is 22.2 Å². The predicted octanol–water partition coefficient (Wildman–Crippen LogP) is 5.04. The van der Waals surface area contributed by atoms with Crippen molar-refractivity contribution < 1.29 is 33.7 Å². The van der Waals surface area contributed by atoms with Crippen LogP contribution in [0.4, 0.5) is 4.79 Å². The highest BCUT2D eigenvalue weighted by atomic mass is 16.6. The van der Waals surface area contributed by atoms with Gasteiger partial charge in [-0.2, -0.15) is 0 Å². The largest absolute Gasteiger partial charge is 0.497 e. The Labute approximate surface area is 245 Å². The summed E-state index contributed by atoms with van der Waals surface area (Å²) in [5, 5.41) is 13.5. The van der Waals surface area contributed by atoms with E-state index in [2.05, 4.69) is 5.32 Å². The molecule has 5 rings (SSSR count). The van der Waals surface area contributed by atoms with E-state index in [1.807, 2.05) is 54.6 Å². The van der Waals surface area contributed by atoms with E-state index in [1.54, 1.807) is 21.0 Å². The fraction of sp³-hybridized carbons (Fsp3) is 0.438. The maximum absolute atomic E-state index is 13.7. The monoisotopic (exact) mass is 575 g/mol. The third kappa shape index (κ3) is 6.42. The third-order valence-corrected chi connectivity index (χ3v) is 7.96. The second-order valence-electron chi connectivity index (χ2n) is 11.3. The molecule has 3 atom stereocenters. The minimum absolute atomic E-state index is 0.0546. The number of alkyl carbamates (subject to hydrolysis) is 1. The standard InChI is InChI=1S/C32H37N3O7/c1-19(2)29(34-32(39)42-21-11-7-8-12-21)30(36)35-18-23(16-27(35)31(37)38)41-28-17-25(20-9-5-4-6-10-20)33-26-15-22(40-3)13-14-24(26)28/h4-6,9-10,13-15,17,19,21,23,27,29H,7-8,11-12,16,18H2,1-3H3,(H,34,39)(H,37,38)/t23-,27+,29+/m1/s1. The van der Waals surface area contributed by atoms with Crippen LogP contribution in [-0.2, 0) is 14.3 Å². The number of ether oxygens (including phenoxy) is 3. The van der Waals surface area contributed by atoms with Gasteiger partial charge in [0.15, 0.2) is 0 Å². The molecule has 10 nitrogen and oxygen atoms in total. The number of hydrogen-bond donors (Lipinski definition) is 2. The molecule has 2 aromatic carbocycles. The molecule has 0 unspecified atom stereocenters. The van der Waals surface area contributed by atoms with Crippen molar-refractivity contribution in [2.24, 2.45) is 5.92 Å². The molecule has 1 saturated heterocycles. The molecule has 2 heterocycles. The smallest absolute Gasteiger partial charge is 0.408 e. The van der Waals surface area contributed by atoms with Crippen molar-refractivity contribution in [2.45, 2.75) is 70.2 Å². The van der Waals surface area contributed by atoms with Gasteiger partial charge < -0.3 is 29.5 Å². The van der Waals surface area contributed by atoms with Crippen LogP contribution < -0.4 is 14.8 Å². The van der Waals surface area contributed by atoms with Gasteiger partial charge in [-0.05, 0) is 43.7 Å². The van der Waals surface area contributed by atoms with Crippen LogP contribution in [0.1, 0.15) is 46.0 Å². The average molecular weight is 576 g/mol. The minimum atomic E-state index is -1.13. The van der Waals surface area contributed by atoms with Gasteiger partial charge in [-0.3, -0.25) is 4.79 Å². The Balaban J connectivity index is 1.39. The SMILES string of the molecule is COc1ccc2c(O[C@@H]3C[C@@H](C(=O)O)N(C(=O)[C@@H](NC(=O)OC4CCCC4)C(C)C)C3)cc(-c3ccccc3)nc2c1. The summed E-state index contributed by atoms with van der Waals surface area (Å²) in [5.41, 5.74) is 2.25. The highest BCUT2D eigenvalue weighted by molar-refractivity contribution is 5.91. The molecular weight excluding hydrogens is 538 g/mol. The van der Waals surface area contributed by atoms with Gasteiger partial charge in [0.2, 0.25) is 5.91 Å². The Hall–Kier alpha value is -4.34. The van der Waals surface area contributed by atoms with Gasteiger partial charge in [-0.1, -0.05) is 44.2 Å². The Morgan fingerprint density at radius 3 is 2.43 bits per heavy atom. The summed E-state index contributed by atoms with van der Waals surface area (Å²) in [5.74, 6) is -0.700. The number of aliphatic carboxylic acids is 1. The van der Waals surface area contributed by atoms with E-state index in [0.29, 0.717) is 22.7 Å². The molecule has 2 amide bonds. The summed E-state index contributed by atoms with van der Waals surface area (Å²) in [7, 11) is 1.59. The topological polar surface area (TPSA) is 127 Å². The van der Waals surface area contributed by atoms with Gasteiger partial charge in [0.25, 0.3) is 0 Å². The number of carboxylic acid groups (broad SMARTS) is 1. The molecule has 1 aromatic heterocycles. The van der Waals surface area contributed by atoms with Gasteiger partial charge in [-0.25, -0.2) is 14.6 Å². The summed E-state index contributed by atoms with van der Waals surface area (Å²) in [6.45, 7) is 3.67. The Morgan fingerprint density at radius 2 is 1.76 bits per heavy atom. The number of benzene rings is 2. The summed E-state index contributed by atoms with van der Waals surface area (Å²) in [6.07, 6.45) is 2.33. The molecule has 0 bridgehead atoms. The van der Waals surface area contributed by atoms with E-state index in [0.717, 1.165) is 36.6 Å². The quantitative estimate of drug-likeness (QED) is 0.364. The van der Waals surface area contributed by atoms with Crippen LogP contribution in [0.5, 0.6) is 11.5 Å². The van der Waals surface area contributed by atoms with Crippen LogP contribution in [0.2, 0.25) is 0 Å². The number of amides is 2. The van der Waals surface area contributed by atoms with Crippen LogP contribution in [0.15, 0.2) is 54.6 Å². The van der Waals surface area contributed by atoms with Crippen molar-refractivity contribution in [2.75, 3.05) is 13.7 Å². The van der Waals surface area contributed by atoms with E-state index in [-0.39, 0.29) is 25.0 Å². The maximum atomic E-state index is 13.7. The van der Waals surface area contributed by atoms with Crippen LogP contribution in [0.3, 0.4) is 0 Å². The van der Waals surface area contributed by atoms with Gasteiger partial charge in [0, 0.05) is 29.5 Å². The first-order chi connectivity index (χ1) is 20.2. The number of carbonyl (C=O) groups is 3. The Bertz CT molecular complexity index is 1440. The van der Waals surface area contributed by atoms with E-state index in [1.165, 1.54) is 4.90 Å². The fourth-order valence-electron chi connectivity index (χ4n) is 5.71. The van der Waals surface area contributed by atoms with Gasteiger partial charge in [-0.15, -0.1) is 0 Å². The van der Waals surface area contributed by atoms with Gasteiger partial charge in [0.1, 0.15) is 35.8 Å². The van der Waals surface area contributed by atoms with E-state index in [4.69, 9.17) is 19.2 Å². The second-order valence-corrected chi connectivity index (χ2v) is 11.3. The number of likely N-dealkylation sites (tertiary alicyclic amines) is 1. The van der Waals surface area contributed by atoms with Crippen molar-refractivity contribution in [1.82, 2.24) is 15.2 Å².